The van der Waals surface area contributed by atoms with Crippen LogP contribution in [0.3, 0.4) is 0 Å². The minimum absolute atomic E-state index is 0.0601. The van der Waals surface area contributed by atoms with Crippen LogP contribution >= 0.6 is 0 Å². The summed E-state index contributed by atoms with van der Waals surface area (Å²) in [4.78, 5) is 18.2. The van der Waals surface area contributed by atoms with Crippen LogP contribution in [0, 0.1) is 5.92 Å². The Morgan fingerprint density at radius 3 is 2.37 bits per heavy atom. The summed E-state index contributed by atoms with van der Waals surface area (Å²) < 4.78 is 0. The zero-order chi connectivity index (χ0) is 20.3. The predicted octanol–water partition coefficient (Wildman–Crippen LogP) is 3.87. The first kappa shape index (κ1) is 18.7. The minimum Gasteiger partial charge on any atom is -0.368 e. The first-order valence-electron chi connectivity index (χ1n) is 10.8. The maximum Gasteiger partial charge on any atom is 0.225 e. The molecule has 0 radical (unpaired) electrons. The fraction of sp³-hybridized carbons (Fsp3) is 0.269. The Bertz CT molecular complexity index is 1010. The number of amides is 1. The van der Waals surface area contributed by atoms with E-state index in [-0.39, 0.29) is 17.9 Å². The maximum absolute atomic E-state index is 13.3. The lowest BCUT2D eigenvalue weighted by molar-refractivity contribution is -0.126. The van der Waals surface area contributed by atoms with Crippen molar-refractivity contribution in [1.29, 1.82) is 0 Å². The molecule has 2 atom stereocenters. The van der Waals surface area contributed by atoms with E-state index in [4.69, 9.17) is 0 Å². The van der Waals surface area contributed by atoms with Crippen LogP contribution in [0.1, 0.15) is 11.1 Å². The highest BCUT2D eigenvalue weighted by Gasteiger charge is 2.41. The van der Waals surface area contributed by atoms with Crippen LogP contribution in [0.5, 0.6) is 0 Å². The van der Waals surface area contributed by atoms with Crippen molar-refractivity contribution in [3.8, 4) is 0 Å². The highest BCUT2D eigenvalue weighted by Crippen LogP contribution is 2.36. The van der Waals surface area contributed by atoms with E-state index in [1.54, 1.807) is 0 Å². The van der Waals surface area contributed by atoms with E-state index >= 15 is 0 Å². The number of piperazine rings is 1. The van der Waals surface area contributed by atoms with Gasteiger partial charge in [0.15, 0.2) is 0 Å². The van der Waals surface area contributed by atoms with Crippen molar-refractivity contribution >= 4 is 17.3 Å². The Morgan fingerprint density at radius 2 is 1.57 bits per heavy atom. The number of benzene rings is 3. The molecular formula is C26H27N3O. The molecule has 5 rings (SSSR count). The summed E-state index contributed by atoms with van der Waals surface area (Å²) in [6, 6.07) is 29.4. The topological polar surface area (TPSA) is 35.6 Å². The Kier molecular flexibility index (Phi) is 5.14. The van der Waals surface area contributed by atoms with Gasteiger partial charge in [-0.15, -0.1) is 0 Å². The maximum atomic E-state index is 13.3. The van der Waals surface area contributed by atoms with Gasteiger partial charge < -0.3 is 15.1 Å². The molecule has 4 heteroatoms. The molecule has 0 spiro atoms. The monoisotopic (exact) mass is 397 g/mol. The lowest BCUT2D eigenvalue weighted by Gasteiger charge is -2.49. The third-order valence-corrected chi connectivity index (χ3v) is 6.39. The Hall–Kier alpha value is -3.27. The number of carbonyl (C=O) groups excluding carboxylic acids is 1. The zero-order valence-corrected chi connectivity index (χ0v) is 17.1. The molecule has 1 fully saturated rings. The second-order valence-electron chi connectivity index (χ2n) is 8.19. The van der Waals surface area contributed by atoms with E-state index in [0.717, 1.165) is 31.6 Å². The number of fused-ring (bicyclic) bond motifs is 3. The highest BCUT2D eigenvalue weighted by atomic mass is 16.1. The Morgan fingerprint density at radius 1 is 0.867 bits per heavy atom. The van der Waals surface area contributed by atoms with Crippen LogP contribution in [0.25, 0.3) is 0 Å². The zero-order valence-electron chi connectivity index (χ0n) is 17.1. The average Bonchev–Trinajstić information content (AvgIpc) is 2.83. The van der Waals surface area contributed by atoms with Gasteiger partial charge in [-0.25, -0.2) is 0 Å². The van der Waals surface area contributed by atoms with Gasteiger partial charge >= 0.3 is 0 Å². The third-order valence-electron chi connectivity index (χ3n) is 6.39. The molecule has 1 N–H and O–H groups in total. The fourth-order valence-electron chi connectivity index (χ4n) is 4.85. The largest absolute Gasteiger partial charge is 0.368 e. The fourth-order valence-corrected chi connectivity index (χ4v) is 4.85. The van der Waals surface area contributed by atoms with E-state index < -0.39 is 0 Å². The Labute approximate surface area is 178 Å². The van der Waals surface area contributed by atoms with Crippen molar-refractivity contribution in [2.24, 2.45) is 5.92 Å². The summed E-state index contributed by atoms with van der Waals surface area (Å²) in [7, 11) is 0. The van der Waals surface area contributed by atoms with Crippen molar-refractivity contribution < 1.29 is 4.79 Å². The Balaban J connectivity index is 1.39. The van der Waals surface area contributed by atoms with Crippen LogP contribution in [-0.2, 0) is 17.8 Å². The minimum atomic E-state index is -0.0601. The number of nitrogens with one attached hydrogen (secondary N) is 1. The lowest BCUT2D eigenvalue weighted by Crippen LogP contribution is -2.61. The molecule has 0 aliphatic carbocycles. The average molecular weight is 398 g/mol. The van der Waals surface area contributed by atoms with Gasteiger partial charge in [-0.3, -0.25) is 4.79 Å². The standard InChI is InChI=1S/C26H27N3O/c30-26(27-18-20-9-3-1-4-10-20)23-17-21-11-7-8-14-24(21)29-16-15-28(19-25(23)29)22-12-5-2-6-13-22/h1-14,23,25H,15-19H2,(H,27,30)/t23-,25-/m1/s1. The van der Waals surface area contributed by atoms with Gasteiger partial charge in [0.05, 0.1) is 12.0 Å². The number of rotatable bonds is 4. The normalized spacial score (nSPS) is 20.3. The smallest absolute Gasteiger partial charge is 0.225 e. The third kappa shape index (κ3) is 3.65. The molecule has 1 saturated heterocycles. The quantitative estimate of drug-likeness (QED) is 0.726. The van der Waals surface area contributed by atoms with E-state index in [2.05, 4.69) is 81.8 Å². The van der Waals surface area contributed by atoms with Gasteiger partial charge in [0.1, 0.15) is 0 Å². The summed E-state index contributed by atoms with van der Waals surface area (Å²) in [5.41, 5.74) is 4.94. The molecule has 0 saturated carbocycles. The van der Waals surface area contributed by atoms with Gasteiger partial charge in [-0.05, 0) is 35.7 Å². The van der Waals surface area contributed by atoms with Gasteiger partial charge in [0.2, 0.25) is 5.91 Å². The van der Waals surface area contributed by atoms with E-state index in [1.165, 1.54) is 16.9 Å². The number of anilines is 2. The first-order valence-corrected chi connectivity index (χ1v) is 10.8. The number of hydrogen-bond donors (Lipinski definition) is 1. The number of carbonyl (C=O) groups is 1. The summed E-state index contributed by atoms with van der Waals surface area (Å²) in [5, 5.41) is 3.20. The molecule has 0 aromatic heterocycles. The van der Waals surface area contributed by atoms with Crippen LogP contribution in [0.4, 0.5) is 11.4 Å². The van der Waals surface area contributed by atoms with Gasteiger partial charge in [0, 0.05) is 37.6 Å². The molecule has 1 amide bonds. The van der Waals surface area contributed by atoms with Crippen molar-refractivity contribution in [3.05, 3.63) is 96.1 Å². The van der Waals surface area contributed by atoms with Gasteiger partial charge in [0.25, 0.3) is 0 Å². The van der Waals surface area contributed by atoms with Crippen LogP contribution < -0.4 is 15.1 Å². The van der Waals surface area contributed by atoms with E-state index in [1.807, 2.05) is 18.2 Å². The number of hydrogen-bond acceptors (Lipinski definition) is 3. The van der Waals surface area contributed by atoms with Crippen LogP contribution in [0.15, 0.2) is 84.9 Å². The molecule has 2 heterocycles. The van der Waals surface area contributed by atoms with Gasteiger partial charge in [-0.2, -0.15) is 0 Å². The summed E-state index contributed by atoms with van der Waals surface area (Å²) in [6.45, 7) is 3.33. The first-order chi connectivity index (χ1) is 14.8. The molecule has 152 valence electrons. The predicted molar refractivity (Wildman–Crippen MR) is 122 cm³/mol. The van der Waals surface area contributed by atoms with Crippen LogP contribution in [0.2, 0.25) is 0 Å². The number of nitrogens with zero attached hydrogens (tertiary/aromatic N) is 2. The summed E-state index contributed by atoms with van der Waals surface area (Å²) in [6.07, 6.45) is 0.792. The lowest BCUT2D eigenvalue weighted by atomic mass is 9.83. The van der Waals surface area contributed by atoms with Gasteiger partial charge in [-0.1, -0.05) is 66.7 Å². The van der Waals surface area contributed by atoms with Crippen molar-refractivity contribution in [2.45, 2.75) is 19.0 Å². The van der Waals surface area contributed by atoms with E-state index in [9.17, 15) is 4.79 Å². The highest BCUT2D eigenvalue weighted by molar-refractivity contribution is 5.82. The molecule has 2 aliphatic rings. The molecular weight excluding hydrogens is 370 g/mol. The molecule has 4 nitrogen and oxygen atoms in total. The molecule has 30 heavy (non-hydrogen) atoms. The molecule has 2 aliphatic heterocycles. The summed E-state index contributed by atoms with van der Waals surface area (Å²) >= 11 is 0. The molecule has 3 aromatic rings. The van der Waals surface area contributed by atoms with Crippen molar-refractivity contribution in [3.63, 3.8) is 0 Å². The molecule has 3 aromatic carbocycles. The van der Waals surface area contributed by atoms with E-state index in [0.29, 0.717) is 6.54 Å². The second-order valence-corrected chi connectivity index (χ2v) is 8.19. The van der Waals surface area contributed by atoms with Crippen molar-refractivity contribution in [1.82, 2.24) is 5.32 Å². The SMILES string of the molecule is O=C(NCc1ccccc1)[C@@H]1Cc2ccccc2N2CCN(c3ccccc3)C[C@H]12. The second kappa shape index (κ2) is 8.23. The van der Waals surface area contributed by atoms with Crippen molar-refractivity contribution in [2.75, 3.05) is 29.4 Å². The molecule has 0 bridgehead atoms. The summed E-state index contributed by atoms with van der Waals surface area (Å²) in [5.74, 6) is 0.0911. The number of para-hydroxylation sites is 2. The molecule has 0 unspecified atom stereocenters. The van der Waals surface area contributed by atoms with Crippen LogP contribution in [-0.4, -0.2) is 31.6 Å².